The molecule has 1 N–H and O–H groups in total. The third kappa shape index (κ3) is 4.48. The summed E-state index contributed by atoms with van der Waals surface area (Å²) in [4.78, 5) is 22.8. The van der Waals surface area contributed by atoms with Crippen LogP contribution in [0.25, 0.3) is 11.0 Å². The second-order valence-corrected chi connectivity index (χ2v) is 13.5. The van der Waals surface area contributed by atoms with E-state index in [1.165, 1.54) is 22.9 Å². The molecule has 0 aliphatic heterocycles. The number of hydrogen-bond donors (Lipinski definition) is 1. The van der Waals surface area contributed by atoms with Gasteiger partial charge in [-0.1, -0.05) is 6.42 Å². The van der Waals surface area contributed by atoms with Crippen molar-refractivity contribution in [3.05, 3.63) is 51.9 Å². The number of alkyl halides is 3. The third-order valence-corrected chi connectivity index (χ3v) is 10.4. The minimum absolute atomic E-state index is 0.0519. The highest BCUT2D eigenvalue weighted by atomic mass is 32.2. The number of rotatable bonds is 6. The van der Waals surface area contributed by atoms with E-state index in [0.29, 0.717) is 22.3 Å². The van der Waals surface area contributed by atoms with Gasteiger partial charge >= 0.3 is 6.18 Å². The summed E-state index contributed by atoms with van der Waals surface area (Å²) in [5.41, 5.74) is 0.557. The number of hydrogen-bond acceptors (Lipinski definition) is 6. The molecule has 2 fully saturated rings. The van der Waals surface area contributed by atoms with Crippen molar-refractivity contribution in [2.75, 3.05) is 5.32 Å². The van der Waals surface area contributed by atoms with Gasteiger partial charge in [0.15, 0.2) is 9.84 Å². The van der Waals surface area contributed by atoms with Crippen molar-refractivity contribution in [1.82, 2.24) is 14.5 Å². The minimum Gasteiger partial charge on any atom is -0.324 e. The van der Waals surface area contributed by atoms with E-state index in [1.54, 1.807) is 32.9 Å². The summed E-state index contributed by atoms with van der Waals surface area (Å²) in [6.07, 6.45) is 1.37. The largest absolute Gasteiger partial charge is 0.395 e. The molecule has 2 unspecified atom stereocenters. The van der Waals surface area contributed by atoms with Crippen LogP contribution in [0, 0.1) is 12.3 Å². The fourth-order valence-corrected chi connectivity index (χ4v) is 6.73. The van der Waals surface area contributed by atoms with Crippen LogP contribution in [0.4, 0.5) is 24.8 Å². The Morgan fingerprint density at radius 1 is 1.13 bits per heavy atom. The lowest BCUT2D eigenvalue weighted by atomic mass is 9.97. The first-order valence-corrected chi connectivity index (χ1v) is 14.4. The van der Waals surface area contributed by atoms with Crippen molar-refractivity contribution < 1.29 is 21.6 Å². The number of sulfone groups is 1. The van der Waals surface area contributed by atoms with E-state index in [-0.39, 0.29) is 27.9 Å². The van der Waals surface area contributed by atoms with Gasteiger partial charge < -0.3 is 5.32 Å². The summed E-state index contributed by atoms with van der Waals surface area (Å²) in [6.45, 7) is 6.02. The zero-order chi connectivity index (χ0) is 27.6. The number of aromatic nitrogens is 3. The van der Waals surface area contributed by atoms with E-state index in [1.807, 2.05) is 0 Å². The molecule has 0 bridgehead atoms. The lowest BCUT2D eigenvalue weighted by Gasteiger charge is -2.25. The maximum atomic E-state index is 13.7. The lowest BCUT2D eigenvalue weighted by Crippen LogP contribution is -2.34. The second kappa shape index (κ2) is 9.07. The topological polar surface area (TPSA) is 94.0 Å². The van der Waals surface area contributed by atoms with Crippen LogP contribution in [0.5, 0.6) is 0 Å². The highest BCUT2D eigenvalue weighted by Gasteiger charge is 2.53. The predicted molar refractivity (Wildman–Crippen MR) is 140 cm³/mol. The van der Waals surface area contributed by atoms with Gasteiger partial charge in [0.2, 0.25) is 5.95 Å². The van der Waals surface area contributed by atoms with Gasteiger partial charge in [-0.2, -0.15) is 18.2 Å². The van der Waals surface area contributed by atoms with Crippen molar-refractivity contribution in [2.24, 2.45) is 5.41 Å². The first kappa shape index (κ1) is 26.6. The Morgan fingerprint density at radius 2 is 1.84 bits per heavy atom. The fraction of sp³-hybridized carbons (Fsp3) is 0.519. The SMILES string of the molecule is Cc1cc(S(=O)(=O)C(C)C)ccc1Nc1ncc2cc(C(C)C(F)(F)F)c(=O)n(C3CCCC34CC4)c2n1. The molecule has 2 heterocycles. The summed E-state index contributed by atoms with van der Waals surface area (Å²) in [7, 11) is -3.44. The first-order valence-electron chi connectivity index (χ1n) is 12.8. The van der Waals surface area contributed by atoms with Crippen molar-refractivity contribution in [3.63, 3.8) is 0 Å². The maximum absolute atomic E-state index is 13.7. The van der Waals surface area contributed by atoms with Gasteiger partial charge in [-0.3, -0.25) is 9.36 Å². The average molecular weight is 549 g/mol. The number of anilines is 2. The maximum Gasteiger partial charge on any atom is 0.395 e. The Morgan fingerprint density at radius 3 is 2.45 bits per heavy atom. The molecule has 2 aliphatic carbocycles. The standard InChI is InChI=1S/C27H31F3N4O3S/c1-15(2)38(36,37)19-7-8-21(16(3)12-19)32-25-31-14-18-13-20(17(4)27(28,29)30)24(35)34(23(18)33-25)22-6-5-9-26(22)10-11-26/h7-8,12-15,17,22H,5-6,9-11H2,1-4H3,(H,31,32,33). The lowest BCUT2D eigenvalue weighted by molar-refractivity contribution is -0.146. The van der Waals surface area contributed by atoms with Gasteiger partial charge in [-0.15, -0.1) is 0 Å². The van der Waals surface area contributed by atoms with Gasteiger partial charge in [0.25, 0.3) is 5.56 Å². The molecule has 1 spiro atoms. The number of benzene rings is 1. The van der Waals surface area contributed by atoms with E-state index in [9.17, 15) is 26.4 Å². The highest BCUT2D eigenvalue weighted by Crippen LogP contribution is 2.63. The Kier molecular flexibility index (Phi) is 6.36. The van der Waals surface area contributed by atoms with Crippen molar-refractivity contribution in [1.29, 1.82) is 0 Å². The smallest absolute Gasteiger partial charge is 0.324 e. The molecule has 1 aromatic carbocycles. The summed E-state index contributed by atoms with van der Waals surface area (Å²) in [5, 5.41) is 2.91. The molecule has 0 saturated heterocycles. The Hall–Kier alpha value is -2.95. The van der Waals surface area contributed by atoms with Crippen LogP contribution < -0.4 is 10.9 Å². The Balaban J connectivity index is 1.60. The molecule has 2 atom stereocenters. The molecule has 11 heteroatoms. The normalized spacial score (nSPS) is 19.8. The van der Waals surface area contributed by atoms with Gasteiger partial charge in [0.1, 0.15) is 5.65 Å². The van der Waals surface area contributed by atoms with Crippen molar-refractivity contribution in [2.45, 2.75) is 88.1 Å². The monoisotopic (exact) mass is 548 g/mol. The predicted octanol–water partition coefficient (Wildman–Crippen LogP) is 6.20. The highest BCUT2D eigenvalue weighted by molar-refractivity contribution is 7.92. The summed E-state index contributed by atoms with van der Waals surface area (Å²) in [6, 6.07) is 5.79. The molecule has 5 rings (SSSR count). The molecule has 38 heavy (non-hydrogen) atoms. The van der Waals surface area contributed by atoms with Gasteiger partial charge in [-0.25, -0.2) is 13.4 Å². The molecule has 204 valence electrons. The third-order valence-electron chi connectivity index (χ3n) is 8.21. The van der Waals surface area contributed by atoms with Gasteiger partial charge in [-0.05, 0) is 88.6 Å². The number of fused-ring (bicyclic) bond motifs is 1. The average Bonchev–Trinajstić information content (AvgIpc) is 3.51. The van der Waals surface area contributed by atoms with Crippen molar-refractivity contribution in [3.8, 4) is 0 Å². The molecular weight excluding hydrogens is 517 g/mol. The van der Waals surface area contributed by atoms with E-state index >= 15 is 0 Å². The van der Waals surface area contributed by atoms with Crippen molar-refractivity contribution >= 4 is 32.5 Å². The molecule has 2 saturated carbocycles. The summed E-state index contributed by atoms with van der Waals surface area (Å²) in [5.74, 6) is -1.74. The fourth-order valence-electron chi connectivity index (χ4n) is 5.59. The number of pyridine rings is 1. The molecule has 0 radical (unpaired) electrons. The number of halogens is 3. The zero-order valence-electron chi connectivity index (χ0n) is 21.8. The van der Waals surface area contributed by atoms with Gasteiger partial charge in [0.05, 0.1) is 16.1 Å². The van der Waals surface area contributed by atoms with E-state index < -0.39 is 32.7 Å². The van der Waals surface area contributed by atoms with Crippen LogP contribution in [-0.2, 0) is 9.84 Å². The number of nitrogens with zero attached hydrogens (tertiary/aromatic N) is 3. The number of nitrogens with one attached hydrogen (secondary N) is 1. The van der Waals surface area contributed by atoms with Crippen LogP contribution in [-0.4, -0.2) is 34.4 Å². The first-order chi connectivity index (χ1) is 17.7. The molecule has 2 aromatic heterocycles. The van der Waals surface area contributed by atoms with Crippen LogP contribution in [0.2, 0.25) is 0 Å². The molecule has 2 aliphatic rings. The van der Waals surface area contributed by atoms with Crippen LogP contribution in [0.15, 0.2) is 40.2 Å². The molecule has 7 nitrogen and oxygen atoms in total. The van der Waals surface area contributed by atoms with Crippen LogP contribution >= 0.6 is 0 Å². The zero-order valence-corrected chi connectivity index (χ0v) is 22.6. The summed E-state index contributed by atoms with van der Waals surface area (Å²) >= 11 is 0. The van der Waals surface area contributed by atoms with Crippen LogP contribution in [0.1, 0.15) is 76.0 Å². The van der Waals surface area contributed by atoms with E-state index in [0.717, 1.165) is 39.0 Å². The Bertz CT molecular complexity index is 1580. The number of aryl methyl sites for hydroxylation is 1. The molecular formula is C27H31F3N4O3S. The van der Waals surface area contributed by atoms with Crippen LogP contribution in [0.3, 0.4) is 0 Å². The van der Waals surface area contributed by atoms with E-state index in [4.69, 9.17) is 0 Å². The molecule has 0 amide bonds. The molecule has 3 aromatic rings. The second-order valence-electron chi connectivity index (χ2n) is 11.0. The summed E-state index contributed by atoms with van der Waals surface area (Å²) < 4.78 is 67.5. The Labute approximate surface area is 219 Å². The quantitative estimate of drug-likeness (QED) is 0.394. The van der Waals surface area contributed by atoms with E-state index in [2.05, 4.69) is 15.3 Å². The van der Waals surface area contributed by atoms with Gasteiger partial charge in [0, 0.05) is 28.9 Å². The minimum atomic E-state index is -4.55.